The van der Waals surface area contributed by atoms with Crippen LogP contribution < -0.4 is 0 Å². The quantitative estimate of drug-likeness (QED) is 0.702. The van der Waals surface area contributed by atoms with Crippen LogP contribution in [0.3, 0.4) is 0 Å². The van der Waals surface area contributed by atoms with Gasteiger partial charge in [0.1, 0.15) is 6.54 Å². The van der Waals surface area contributed by atoms with Crippen LogP contribution in [-0.2, 0) is 4.79 Å². The van der Waals surface area contributed by atoms with Crippen LogP contribution >= 0.6 is 0 Å². The van der Waals surface area contributed by atoms with Crippen molar-refractivity contribution in [3.63, 3.8) is 0 Å². The lowest BCUT2D eigenvalue weighted by atomic mass is 9.99. The first-order valence-electron chi connectivity index (χ1n) is 9.42. The molecule has 3 aliphatic rings. The zero-order valence-corrected chi connectivity index (χ0v) is 15.9. The molecule has 0 bridgehead atoms. The molecule has 0 aromatic heterocycles. The van der Waals surface area contributed by atoms with Gasteiger partial charge < -0.3 is 0 Å². The highest BCUT2D eigenvalue weighted by atomic mass is 16.2. The van der Waals surface area contributed by atoms with Gasteiger partial charge in [0, 0.05) is 14.1 Å². The van der Waals surface area contributed by atoms with Gasteiger partial charge in [-0.3, -0.25) is 19.5 Å². The highest BCUT2D eigenvalue weighted by Crippen LogP contribution is 2.21. The molecule has 3 rings (SSSR count). The van der Waals surface area contributed by atoms with Crippen LogP contribution in [0.25, 0.3) is 0 Å². The second kappa shape index (κ2) is 7.23. The molecule has 0 aromatic rings. The number of piperidine rings is 1. The summed E-state index contributed by atoms with van der Waals surface area (Å²) in [4.78, 5) is 34.9. The molecule has 1 unspecified atom stereocenters. The number of urea groups is 1. The van der Waals surface area contributed by atoms with Crippen molar-refractivity contribution < 1.29 is 14.2 Å². The summed E-state index contributed by atoms with van der Waals surface area (Å²) in [6.07, 6.45) is 4.49. The zero-order chi connectivity index (χ0) is 18.1. The van der Waals surface area contributed by atoms with E-state index in [0.29, 0.717) is 5.84 Å². The minimum Gasteiger partial charge on any atom is -0.292 e. The Bertz CT molecular complexity index is 619. The van der Waals surface area contributed by atoms with Crippen molar-refractivity contribution in [1.82, 2.24) is 14.7 Å². The van der Waals surface area contributed by atoms with Gasteiger partial charge in [-0.05, 0) is 43.3 Å². The molecular weight excluding hydrogens is 318 g/mol. The molecule has 0 aliphatic carbocycles. The van der Waals surface area contributed by atoms with E-state index in [1.165, 1.54) is 22.6 Å². The van der Waals surface area contributed by atoms with Crippen molar-refractivity contribution in [2.24, 2.45) is 10.9 Å². The van der Waals surface area contributed by atoms with Crippen LogP contribution in [0.2, 0.25) is 0 Å². The lowest BCUT2D eigenvalue weighted by Gasteiger charge is -2.31. The number of unbranched alkanes of at least 4 members (excludes halogenated alkanes) is 1. The SMILES string of the molecule is CCCC[N+]1=C(CN2CCC(C)CC2)N=C2C1C(=O)N(C)C(=O)N2C. The standard InChI is InChI=1S/C18H30N5O2/c1-5-6-9-23-14(12-22-10-7-13(2)8-11-22)19-16-15(23)17(24)21(4)18(25)20(16)3/h13,15H,5-12H2,1-4H3/q+1. The molecule has 2 fully saturated rings. The molecule has 138 valence electrons. The maximum Gasteiger partial charge on any atom is 0.333 e. The van der Waals surface area contributed by atoms with Gasteiger partial charge in [0.15, 0.2) is 0 Å². The summed E-state index contributed by atoms with van der Waals surface area (Å²) in [6.45, 7) is 8.16. The van der Waals surface area contributed by atoms with Crippen molar-refractivity contribution in [1.29, 1.82) is 0 Å². The number of hydrogen-bond acceptors (Lipinski definition) is 4. The first-order valence-corrected chi connectivity index (χ1v) is 9.42. The number of amidine groups is 2. The highest BCUT2D eigenvalue weighted by molar-refractivity contribution is 6.23. The van der Waals surface area contributed by atoms with Crippen LogP contribution in [0.15, 0.2) is 4.99 Å². The topological polar surface area (TPSA) is 59.2 Å². The largest absolute Gasteiger partial charge is 0.333 e. The third-order valence-electron chi connectivity index (χ3n) is 5.61. The Morgan fingerprint density at radius 1 is 1.16 bits per heavy atom. The number of rotatable bonds is 5. The Balaban J connectivity index is 1.86. The molecule has 0 saturated carbocycles. The second-order valence-electron chi connectivity index (χ2n) is 7.53. The van der Waals surface area contributed by atoms with Crippen molar-refractivity contribution >= 4 is 23.6 Å². The molecule has 3 aliphatic heterocycles. The normalized spacial score (nSPS) is 25.8. The van der Waals surface area contributed by atoms with E-state index < -0.39 is 6.04 Å². The summed E-state index contributed by atoms with van der Waals surface area (Å²) >= 11 is 0. The van der Waals surface area contributed by atoms with Gasteiger partial charge in [-0.25, -0.2) is 9.37 Å². The number of imide groups is 1. The van der Waals surface area contributed by atoms with E-state index in [0.717, 1.165) is 50.8 Å². The fraction of sp³-hybridized carbons (Fsp3) is 0.778. The molecule has 3 amide bonds. The van der Waals surface area contributed by atoms with Crippen LogP contribution in [0, 0.1) is 5.92 Å². The first-order chi connectivity index (χ1) is 11.9. The summed E-state index contributed by atoms with van der Waals surface area (Å²) in [6, 6.07) is -0.749. The Morgan fingerprint density at radius 2 is 1.84 bits per heavy atom. The lowest BCUT2D eigenvalue weighted by molar-refractivity contribution is -0.536. The Labute approximate surface area is 150 Å². The Morgan fingerprint density at radius 3 is 2.48 bits per heavy atom. The molecule has 3 heterocycles. The van der Waals surface area contributed by atoms with E-state index in [1.54, 1.807) is 14.1 Å². The summed E-state index contributed by atoms with van der Waals surface area (Å²) in [5, 5.41) is 0. The minimum absolute atomic E-state index is 0.166. The molecule has 25 heavy (non-hydrogen) atoms. The number of carbonyl (C=O) groups excluding carboxylic acids is 2. The monoisotopic (exact) mass is 348 g/mol. The summed E-state index contributed by atoms with van der Waals surface area (Å²) in [5.74, 6) is 2.14. The molecule has 0 aromatic carbocycles. The van der Waals surface area contributed by atoms with E-state index >= 15 is 0 Å². The van der Waals surface area contributed by atoms with E-state index in [9.17, 15) is 9.59 Å². The maximum atomic E-state index is 12.7. The van der Waals surface area contributed by atoms with Crippen molar-refractivity contribution in [2.45, 2.75) is 45.6 Å². The summed E-state index contributed by atoms with van der Waals surface area (Å²) < 4.78 is 2.12. The fourth-order valence-corrected chi connectivity index (χ4v) is 3.78. The second-order valence-corrected chi connectivity index (χ2v) is 7.53. The van der Waals surface area contributed by atoms with E-state index in [1.807, 2.05) is 0 Å². The number of amides is 3. The van der Waals surface area contributed by atoms with Crippen LogP contribution in [0.5, 0.6) is 0 Å². The van der Waals surface area contributed by atoms with Crippen molar-refractivity contribution in [3.05, 3.63) is 0 Å². The third kappa shape index (κ3) is 3.34. The first kappa shape index (κ1) is 18.0. The molecule has 0 N–H and O–H groups in total. The maximum absolute atomic E-state index is 12.7. The van der Waals surface area contributed by atoms with Crippen molar-refractivity contribution in [2.75, 3.05) is 40.3 Å². The van der Waals surface area contributed by atoms with Gasteiger partial charge in [-0.1, -0.05) is 20.3 Å². The molecule has 0 radical (unpaired) electrons. The zero-order valence-electron chi connectivity index (χ0n) is 15.9. The number of nitrogens with zero attached hydrogens (tertiary/aromatic N) is 5. The number of likely N-dealkylation sites (N-methyl/N-ethyl adjacent to an activating group) is 2. The van der Waals surface area contributed by atoms with Crippen LogP contribution in [0.1, 0.15) is 39.5 Å². The average Bonchev–Trinajstić information content (AvgIpc) is 2.96. The Hall–Kier alpha value is -1.76. The van der Waals surface area contributed by atoms with Gasteiger partial charge in [-0.2, -0.15) is 0 Å². The third-order valence-corrected chi connectivity index (χ3v) is 5.61. The molecule has 1 atom stereocenters. The van der Waals surface area contributed by atoms with Crippen LogP contribution in [-0.4, -0.2) is 89.2 Å². The molecule has 0 spiro atoms. The smallest absolute Gasteiger partial charge is 0.292 e. The molecule has 7 nitrogen and oxygen atoms in total. The number of likely N-dealkylation sites (tertiary alicyclic amines) is 1. The highest BCUT2D eigenvalue weighted by Gasteiger charge is 2.52. The van der Waals surface area contributed by atoms with Crippen molar-refractivity contribution in [3.8, 4) is 0 Å². The lowest BCUT2D eigenvalue weighted by Crippen LogP contribution is -2.61. The molecule has 2 saturated heterocycles. The van der Waals surface area contributed by atoms with E-state index in [2.05, 4.69) is 23.3 Å². The predicted molar refractivity (Wildman–Crippen MR) is 97.0 cm³/mol. The van der Waals surface area contributed by atoms with Gasteiger partial charge >= 0.3 is 11.9 Å². The number of fused-ring (bicyclic) bond motifs is 1. The minimum atomic E-state index is -0.446. The number of hydrogen-bond donors (Lipinski definition) is 0. The van der Waals surface area contributed by atoms with Gasteiger partial charge in [0.25, 0.3) is 17.8 Å². The summed E-state index contributed by atoms with van der Waals surface area (Å²) in [7, 11) is 3.26. The molecular formula is C18H30N5O2+. The number of aliphatic imine (C=N–C) groups is 1. The van der Waals surface area contributed by atoms with Crippen LogP contribution in [0.4, 0.5) is 4.79 Å². The Kier molecular flexibility index (Phi) is 5.22. The fourth-order valence-electron chi connectivity index (χ4n) is 3.78. The summed E-state index contributed by atoms with van der Waals surface area (Å²) in [5.41, 5.74) is 0. The predicted octanol–water partition coefficient (Wildman–Crippen LogP) is 1.23. The average molecular weight is 348 g/mol. The van der Waals surface area contributed by atoms with E-state index in [4.69, 9.17) is 4.99 Å². The van der Waals surface area contributed by atoms with Gasteiger partial charge in [0.05, 0.1) is 6.54 Å². The van der Waals surface area contributed by atoms with Gasteiger partial charge in [0.2, 0.25) is 0 Å². The number of carbonyl (C=O) groups is 2. The molecule has 7 heteroatoms. The van der Waals surface area contributed by atoms with Gasteiger partial charge in [-0.15, -0.1) is 0 Å². The van der Waals surface area contributed by atoms with E-state index in [-0.39, 0.29) is 11.9 Å².